The van der Waals surface area contributed by atoms with Crippen molar-refractivity contribution in [1.82, 2.24) is 0 Å². The van der Waals surface area contributed by atoms with Crippen LogP contribution in [-0.2, 0) is 4.79 Å². The second-order valence-corrected chi connectivity index (χ2v) is 5.90. The molecule has 0 unspecified atom stereocenters. The van der Waals surface area contributed by atoms with Crippen molar-refractivity contribution >= 4 is 40.8 Å². The van der Waals surface area contributed by atoms with E-state index in [4.69, 9.17) is 39.9 Å². The molecule has 0 bridgehead atoms. The molecule has 0 spiro atoms. The minimum Gasteiger partial charge on any atom is -0.481 e. The fourth-order valence-corrected chi connectivity index (χ4v) is 2.99. The Hall–Kier alpha value is -0.580. The zero-order chi connectivity index (χ0) is 13.7. The van der Waals surface area contributed by atoms with Gasteiger partial charge >= 0.3 is 5.97 Å². The highest BCUT2D eigenvalue weighted by molar-refractivity contribution is 6.53. The third-order valence-corrected chi connectivity index (χ3v) is 4.22. The molecule has 2 atom stereocenters. The molecular weight excluding hydrogens is 308 g/mol. The fraction of sp³-hybridized carbons (Fsp3) is 0.364. The summed E-state index contributed by atoms with van der Waals surface area (Å²) in [7, 11) is 0. The van der Waals surface area contributed by atoms with Crippen molar-refractivity contribution in [1.29, 1.82) is 0 Å². The molecule has 0 radical (unpaired) electrons. The predicted molar refractivity (Wildman–Crippen MR) is 64.7 cm³/mol. The summed E-state index contributed by atoms with van der Waals surface area (Å²) in [5.41, 5.74) is 0.00133. The van der Waals surface area contributed by atoms with Crippen molar-refractivity contribution in [2.24, 2.45) is 5.92 Å². The molecule has 1 aromatic carbocycles. The van der Waals surface area contributed by atoms with Gasteiger partial charge in [0.1, 0.15) is 4.33 Å². The summed E-state index contributed by atoms with van der Waals surface area (Å²) in [5.74, 6) is -2.85. The topological polar surface area (TPSA) is 37.3 Å². The number of halogens is 5. The van der Waals surface area contributed by atoms with E-state index in [1.807, 2.05) is 0 Å². The molecule has 2 nitrogen and oxygen atoms in total. The smallest absolute Gasteiger partial charge is 0.310 e. The first-order valence-corrected chi connectivity index (χ1v) is 6.08. The van der Waals surface area contributed by atoms with Gasteiger partial charge in [-0.25, -0.2) is 8.78 Å². The van der Waals surface area contributed by atoms with Gasteiger partial charge in [0.25, 0.3) is 6.43 Å². The lowest BCUT2D eigenvalue weighted by Crippen LogP contribution is -2.03. The van der Waals surface area contributed by atoms with Crippen LogP contribution in [0.15, 0.2) is 18.2 Å². The Labute approximate surface area is 116 Å². The standard InChI is InChI=1S/C11H7Cl3F2O2/c12-6-2-1-4(3-5(6)9(15)16)7-8(10(17)18)11(7,13)14/h1-3,7-9H,(H,17,18)/t7-,8+/m0/s1. The SMILES string of the molecule is O=C(O)[C@H]1[C@H](c2ccc(Cl)c(C(F)F)c2)C1(Cl)Cl. The van der Waals surface area contributed by atoms with E-state index in [1.54, 1.807) is 0 Å². The van der Waals surface area contributed by atoms with E-state index in [1.165, 1.54) is 12.1 Å². The number of carboxylic acid groups (broad SMARTS) is 1. The molecule has 18 heavy (non-hydrogen) atoms. The van der Waals surface area contributed by atoms with Crippen molar-refractivity contribution in [3.63, 3.8) is 0 Å². The second kappa shape index (κ2) is 4.51. The quantitative estimate of drug-likeness (QED) is 0.847. The summed E-state index contributed by atoms with van der Waals surface area (Å²) >= 11 is 17.3. The Morgan fingerprint density at radius 2 is 2.00 bits per heavy atom. The van der Waals surface area contributed by atoms with E-state index in [0.717, 1.165) is 6.07 Å². The fourth-order valence-electron chi connectivity index (χ4n) is 1.97. The molecule has 1 N–H and O–H groups in total. The predicted octanol–water partition coefficient (Wildman–Crippen LogP) is 4.25. The molecule has 98 valence electrons. The van der Waals surface area contributed by atoms with Gasteiger partial charge in [-0.2, -0.15) is 0 Å². The maximum atomic E-state index is 12.7. The Morgan fingerprint density at radius 1 is 1.39 bits per heavy atom. The second-order valence-electron chi connectivity index (χ2n) is 4.05. The molecule has 0 amide bonds. The lowest BCUT2D eigenvalue weighted by Gasteiger charge is -2.06. The highest BCUT2D eigenvalue weighted by atomic mass is 35.5. The van der Waals surface area contributed by atoms with Gasteiger partial charge < -0.3 is 5.11 Å². The van der Waals surface area contributed by atoms with E-state index in [-0.39, 0.29) is 10.6 Å². The Kier molecular flexibility index (Phi) is 3.47. The van der Waals surface area contributed by atoms with Gasteiger partial charge in [-0.1, -0.05) is 40.9 Å². The van der Waals surface area contributed by atoms with Crippen LogP contribution >= 0.6 is 34.8 Å². The molecule has 1 aromatic rings. The van der Waals surface area contributed by atoms with E-state index >= 15 is 0 Å². The number of rotatable bonds is 3. The van der Waals surface area contributed by atoms with Gasteiger partial charge in [-0.15, -0.1) is 0 Å². The van der Waals surface area contributed by atoms with Crippen molar-refractivity contribution in [2.75, 3.05) is 0 Å². The average molecular weight is 316 g/mol. The number of benzene rings is 1. The van der Waals surface area contributed by atoms with Crippen molar-refractivity contribution < 1.29 is 18.7 Å². The first-order valence-electron chi connectivity index (χ1n) is 4.95. The van der Waals surface area contributed by atoms with Crippen LogP contribution in [0.3, 0.4) is 0 Å². The van der Waals surface area contributed by atoms with Gasteiger partial charge in [-0.05, 0) is 17.7 Å². The Bertz CT molecular complexity index is 505. The molecule has 0 aromatic heterocycles. The van der Waals surface area contributed by atoms with Crippen LogP contribution in [0.4, 0.5) is 8.78 Å². The Balaban J connectivity index is 2.37. The number of hydrogen-bond acceptors (Lipinski definition) is 1. The van der Waals surface area contributed by atoms with Gasteiger partial charge in [0.2, 0.25) is 0 Å². The monoisotopic (exact) mass is 314 g/mol. The maximum absolute atomic E-state index is 12.7. The molecule has 0 aliphatic heterocycles. The first-order chi connectivity index (χ1) is 8.26. The molecule has 1 aliphatic rings. The van der Waals surface area contributed by atoms with Crippen LogP contribution < -0.4 is 0 Å². The van der Waals surface area contributed by atoms with E-state index < -0.39 is 28.6 Å². The number of carboxylic acids is 1. The molecule has 1 saturated carbocycles. The average Bonchev–Trinajstić information content (AvgIpc) is 2.82. The maximum Gasteiger partial charge on any atom is 0.310 e. The zero-order valence-electron chi connectivity index (χ0n) is 8.71. The molecule has 0 saturated heterocycles. The van der Waals surface area contributed by atoms with Crippen molar-refractivity contribution in [3.8, 4) is 0 Å². The summed E-state index contributed by atoms with van der Waals surface area (Å²) in [6.45, 7) is 0. The van der Waals surface area contributed by atoms with Gasteiger partial charge in [-0.3, -0.25) is 4.79 Å². The molecule has 2 rings (SSSR count). The van der Waals surface area contributed by atoms with Crippen LogP contribution in [0.5, 0.6) is 0 Å². The number of carbonyl (C=O) groups is 1. The highest BCUT2D eigenvalue weighted by Gasteiger charge is 2.68. The summed E-state index contributed by atoms with van der Waals surface area (Å²) in [5, 5.41) is 8.84. The van der Waals surface area contributed by atoms with Crippen LogP contribution in [0.1, 0.15) is 23.5 Å². The van der Waals surface area contributed by atoms with Crippen LogP contribution in [-0.4, -0.2) is 15.4 Å². The normalized spacial score (nSPS) is 25.2. The van der Waals surface area contributed by atoms with Gasteiger partial charge in [0, 0.05) is 16.5 Å². The molecular formula is C11H7Cl3F2O2. The largest absolute Gasteiger partial charge is 0.481 e. The van der Waals surface area contributed by atoms with Crippen LogP contribution in [0, 0.1) is 5.92 Å². The zero-order valence-corrected chi connectivity index (χ0v) is 11.0. The third kappa shape index (κ3) is 2.17. The first kappa shape index (κ1) is 13.8. The number of aliphatic carboxylic acids is 1. The van der Waals surface area contributed by atoms with Gasteiger partial charge in [0.05, 0.1) is 5.92 Å². The van der Waals surface area contributed by atoms with Gasteiger partial charge in [0.15, 0.2) is 0 Å². The number of hydrogen-bond donors (Lipinski definition) is 1. The minimum absolute atomic E-state index is 0.0731. The molecule has 7 heteroatoms. The van der Waals surface area contributed by atoms with E-state index in [9.17, 15) is 13.6 Å². The summed E-state index contributed by atoms with van der Waals surface area (Å²) in [6, 6.07) is 3.90. The van der Waals surface area contributed by atoms with Crippen molar-refractivity contribution in [2.45, 2.75) is 16.7 Å². The summed E-state index contributed by atoms with van der Waals surface area (Å²) < 4.78 is 23.9. The van der Waals surface area contributed by atoms with E-state index in [0.29, 0.717) is 5.56 Å². The molecule has 1 fully saturated rings. The molecule has 0 heterocycles. The lowest BCUT2D eigenvalue weighted by atomic mass is 10.1. The van der Waals surface area contributed by atoms with Crippen molar-refractivity contribution in [3.05, 3.63) is 34.3 Å². The summed E-state index contributed by atoms with van der Waals surface area (Å²) in [6.07, 6.45) is -2.74. The Morgan fingerprint density at radius 3 is 2.44 bits per heavy atom. The van der Waals surface area contributed by atoms with Crippen LogP contribution in [0.2, 0.25) is 5.02 Å². The van der Waals surface area contributed by atoms with Crippen LogP contribution in [0.25, 0.3) is 0 Å². The molecule has 1 aliphatic carbocycles. The lowest BCUT2D eigenvalue weighted by molar-refractivity contribution is -0.138. The highest BCUT2D eigenvalue weighted by Crippen LogP contribution is 2.65. The third-order valence-electron chi connectivity index (χ3n) is 2.93. The van der Waals surface area contributed by atoms with E-state index in [2.05, 4.69) is 0 Å². The summed E-state index contributed by atoms with van der Waals surface area (Å²) in [4.78, 5) is 10.9. The minimum atomic E-state index is -2.74. The number of alkyl halides is 4.